The number of carbonyl (C=O) groups is 1. The topological polar surface area (TPSA) is 40.5 Å². The molecule has 1 aliphatic rings. The SMILES string of the molecule is CC1(c2ccccc2)CCCN(Cc2cccc(C(=O)O)c2)C1. The summed E-state index contributed by atoms with van der Waals surface area (Å²) in [5.41, 5.74) is 3.00. The first-order valence-corrected chi connectivity index (χ1v) is 8.17. The van der Waals surface area contributed by atoms with Crippen molar-refractivity contribution >= 4 is 5.97 Å². The van der Waals surface area contributed by atoms with Crippen LogP contribution in [0, 0.1) is 0 Å². The summed E-state index contributed by atoms with van der Waals surface area (Å²) in [4.78, 5) is 13.6. The van der Waals surface area contributed by atoms with Crippen molar-refractivity contribution in [2.24, 2.45) is 0 Å². The van der Waals surface area contributed by atoms with Crippen LogP contribution < -0.4 is 0 Å². The van der Waals surface area contributed by atoms with E-state index in [2.05, 4.69) is 42.2 Å². The Bertz CT molecular complexity index is 683. The first-order chi connectivity index (χ1) is 11.1. The summed E-state index contributed by atoms with van der Waals surface area (Å²) >= 11 is 0. The quantitative estimate of drug-likeness (QED) is 0.930. The molecule has 1 atom stereocenters. The number of benzene rings is 2. The Kier molecular flexibility index (Phi) is 4.49. The predicted molar refractivity (Wildman–Crippen MR) is 91.7 cm³/mol. The molecule has 0 aromatic heterocycles. The van der Waals surface area contributed by atoms with Gasteiger partial charge in [0.15, 0.2) is 0 Å². The Labute approximate surface area is 137 Å². The molecular formula is C20H23NO2. The van der Waals surface area contributed by atoms with Crippen molar-refractivity contribution in [3.63, 3.8) is 0 Å². The Morgan fingerprint density at radius 1 is 1.17 bits per heavy atom. The Balaban J connectivity index is 1.74. The van der Waals surface area contributed by atoms with Gasteiger partial charge in [-0.25, -0.2) is 4.79 Å². The molecule has 3 rings (SSSR count). The molecule has 3 heteroatoms. The normalized spacial score (nSPS) is 22.0. The van der Waals surface area contributed by atoms with Crippen LogP contribution in [0.1, 0.15) is 41.3 Å². The largest absolute Gasteiger partial charge is 0.478 e. The lowest BCUT2D eigenvalue weighted by atomic mass is 9.76. The molecule has 1 saturated heterocycles. The van der Waals surface area contributed by atoms with Gasteiger partial charge in [-0.2, -0.15) is 0 Å². The van der Waals surface area contributed by atoms with Crippen molar-refractivity contribution in [1.29, 1.82) is 0 Å². The average Bonchev–Trinajstić information content (AvgIpc) is 2.56. The van der Waals surface area contributed by atoms with Gasteiger partial charge < -0.3 is 5.11 Å². The molecule has 1 heterocycles. The lowest BCUT2D eigenvalue weighted by Crippen LogP contribution is -2.43. The fourth-order valence-electron chi connectivity index (χ4n) is 3.62. The summed E-state index contributed by atoms with van der Waals surface area (Å²) in [5.74, 6) is -0.861. The third-order valence-corrected chi connectivity index (χ3v) is 4.83. The van der Waals surface area contributed by atoms with Crippen LogP contribution in [0.5, 0.6) is 0 Å². The van der Waals surface area contributed by atoms with Crippen LogP contribution in [0.3, 0.4) is 0 Å². The smallest absolute Gasteiger partial charge is 0.335 e. The highest BCUT2D eigenvalue weighted by Crippen LogP contribution is 2.34. The lowest BCUT2D eigenvalue weighted by Gasteiger charge is -2.41. The third-order valence-electron chi connectivity index (χ3n) is 4.83. The number of piperidine rings is 1. The van der Waals surface area contributed by atoms with Gasteiger partial charge in [0.25, 0.3) is 0 Å². The van der Waals surface area contributed by atoms with E-state index in [1.165, 1.54) is 18.4 Å². The van der Waals surface area contributed by atoms with Gasteiger partial charge in [0.2, 0.25) is 0 Å². The Morgan fingerprint density at radius 3 is 2.70 bits per heavy atom. The summed E-state index contributed by atoms with van der Waals surface area (Å²) in [6, 6.07) is 18.0. The Hall–Kier alpha value is -2.13. The molecule has 0 amide bonds. The van der Waals surface area contributed by atoms with Crippen molar-refractivity contribution in [3.8, 4) is 0 Å². The van der Waals surface area contributed by atoms with Gasteiger partial charge in [0, 0.05) is 18.5 Å². The maximum atomic E-state index is 11.1. The zero-order valence-electron chi connectivity index (χ0n) is 13.5. The maximum Gasteiger partial charge on any atom is 0.335 e. The number of carboxylic acids is 1. The van der Waals surface area contributed by atoms with E-state index in [9.17, 15) is 4.79 Å². The van der Waals surface area contributed by atoms with E-state index in [1.807, 2.05) is 12.1 Å². The molecule has 0 bridgehead atoms. The van der Waals surface area contributed by atoms with Crippen LogP contribution in [0.2, 0.25) is 0 Å². The molecule has 1 N–H and O–H groups in total. The van der Waals surface area contributed by atoms with Gasteiger partial charge in [-0.05, 0) is 42.6 Å². The number of aromatic carboxylic acids is 1. The summed E-state index contributed by atoms with van der Waals surface area (Å²) < 4.78 is 0. The number of likely N-dealkylation sites (tertiary alicyclic amines) is 1. The van der Waals surface area contributed by atoms with Crippen molar-refractivity contribution < 1.29 is 9.90 Å². The zero-order valence-corrected chi connectivity index (χ0v) is 13.5. The zero-order chi connectivity index (χ0) is 16.3. The molecule has 0 spiro atoms. The maximum absolute atomic E-state index is 11.1. The lowest BCUT2D eigenvalue weighted by molar-refractivity contribution is 0.0696. The van der Waals surface area contributed by atoms with Gasteiger partial charge in [-0.1, -0.05) is 49.4 Å². The molecule has 1 fully saturated rings. The number of hydrogen-bond acceptors (Lipinski definition) is 2. The Morgan fingerprint density at radius 2 is 1.96 bits per heavy atom. The molecule has 2 aromatic carbocycles. The van der Waals surface area contributed by atoms with E-state index < -0.39 is 5.97 Å². The molecular weight excluding hydrogens is 286 g/mol. The van der Waals surface area contributed by atoms with Crippen LogP contribution in [-0.4, -0.2) is 29.1 Å². The van der Waals surface area contributed by atoms with Gasteiger partial charge in [-0.15, -0.1) is 0 Å². The second-order valence-electron chi connectivity index (χ2n) is 6.75. The minimum atomic E-state index is -0.861. The number of hydrogen-bond donors (Lipinski definition) is 1. The summed E-state index contributed by atoms with van der Waals surface area (Å²) in [6.07, 6.45) is 2.37. The summed E-state index contributed by atoms with van der Waals surface area (Å²) in [6.45, 7) is 5.22. The summed E-state index contributed by atoms with van der Waals surface area (Å²) in [5, 5.41) is 9.13. The van der Waals surface area contributed by atoms with Gasteiger partial charge in [0.05, 0.1) is 5.56 Å². The highest BCUT2D eigenvalue weighted by atomic mass is 16.4. The minimum absolute atomic E-state index is 0.171. The molecule has 120 valence electrons. The minimum Gasteiger partial charge on any atom is -0.478 e. The van der Waals surface area contributed by atoms with E-state index in [4.69, 9.17) is 5.11 Å². The second-order valence-corrected chi connectivity index (χ2v) is 6.75. The van der Waals surface area contributed by atoms with Gasteiger partial charge in [0.1, 0.15) is 0 Å². The molecule has 23 heavy (non-hydrogen) atoms. The van der Waals surface area contributed by atoms with E-state index in [1.54, 1.807) is 12.1 Å². The molecule has 2 aromatic rings. The first kappa shape index (κ1) is 15.8. The average molecular weight is 309 g/mol. The van der Waals surface area contributed by atoms with Crippen LogP contribution in [0.4, 0.5) is 0 Å². The van der Waals surface area contributed by atoms with Crippen molar-refractivity contribution in [3.05, 3.63) is 71.3 Å². The first-order valence-electron chi connectivity index (χ1n) is 8.17. The second kappa shape index (κ2) is 6.55. The molecule has 3 nitrogen and oxygen atoms in total. The monoisotopic (exact) mass is 309 g/mol. The molecule has 1 unspecified atom stereocenters. The van der Waals surface area contributed by atoms with Gasteiger partial charge >= 0.3 is 5.97 Å². The standard InChI is InChI=1S/C20H23NO2/c1-20(18-9-3-2-4-10-18)11-6-12-21(15-20)14-16-7-5-8-17(13-16)19(22)23/h2-5,7-10,13H,6,11-12,14-15H2,1H3,(H,22,23). The fraction of sp³-hybridized carbons (Fsp3) is 0.350. The number of rotatable bonds is 4. The van der Waals surface area contributed by atoms with Crippen LogP contribution >= 0.6 is 0 Å². The van der Waals surface area contributed by atoms with Crippen molar-refractivity contribution in [2.45, 2.75) is 31.7 Å². The van der Waals surface area contributed by atoms with E-state index >= 15 is 0 Å². The molecule has 0 aliphatic carbocycles. The summed E-state index contributed by atoms with van der Waals surface area (Å²) in [7, 11) is 0. The van der Waals surface area contributed by atoms with E-state index in [-0.39, 0.29) is 5.41 Å². The van der Waals surface area contributed by atoms with Gasteiger partial charge in [-0.3, -0.25) is 4.90 Å². The van der Waals surface area contributed by atoms with Crippen LogP contribution in [-0.2, 0) is 12.0 Å². The molecule has 0 radical (unpaired) electrons. The van der Waals surface area contributed by atoms with E-state index in [0.29, 0.717) is 5.56 Å². The highest BCUT2D eigenvalue weighted by Gasteiger charge is 2.32. The van der Waals surface area contributed by atoms with Crippen LogP contribution in [0.15, 0.2) is 54.6 Å². The predicted octanol–water partition coefficient (Wildman–Crippen LogP) is 3.94. The number of carboxylic acid groups (broad SMARTS) is 1. The van der Waals surface area contributed by atoms with Crippen molar-refractivity contribution in [2.75, 3.05) is 13.1 Å². The highest BCUT2D eigenvalue weighted by molar-refractivity contribution is 5.87. The molecule has 1 aliphatic heterocycles. The van der Waals surface area contributed by atoms with Crippen LogP contribution in [0.25, 0.3) is 0 Å². The molecule has 0 saturated carbocycles. The number of nitrogens with zero attached hydrogens (tertiary/aromatic N) is 1. The third kappa shape index (κ3) is 3.62. The van der Waals surface area contributed by atoms with Crippen molar-refractivity contribution in [1.82, 2.24) is 4.90 Å². The fourth-order valence-corrected chi connectivity index (χ4v) is 3.62. The van der Waals surface area contributed by atoms with E-state index in [0.717, 1.165) is 25.2 Å².